The zero-order chi connectivity index (χ0) is 11.0. The van der Waals surface area contributed by atoms with E-state index >= 15 is 0 Å². The van der Waals surface area contributed by atoms with Crippen LogP contribution in [-0.2, 0) is 16.0 Å². The van der Waals surface area contributed by atoms with Gasteiger partial charge >= 0.3 is 6.18 Å². The highest BCUT2D eigenvalue weighted by Crippen LogP contribution is 2.30. The predicted molar refractivity (Wildman–Crippen MR) is 44.0 cm³/mol. The first kappa shape index (κ1) is 11.0. The number of sulfone groups is 1. The largest absolute Gasteiger partial charge is 0.416 e. The van der Waals surface area contributed by atoms with E-state index in [0.29, 0.717) is 6.07 Å². The second kappa shape index (κ2) is 3.27. The van der Waals surface area contributed by atoms with E-state index in [1.807, 2.05) is 0 Å². The number of rotatable bonds is 1. The quantitative estimate of drug-likeness (QED) is 0.731. The summed E-state index contributed by atoms with van der Waals surface area (Å²) in [5, 5.41) is 0. The second-order valence-corrected chi connectivity index (χ2v) is 4.34. The molecule has 0 unspecified atom stereocenters. The van der Waals surface area contributed by atoms with Crippen LogP contribution in [-0.4, -0.2) is 8.42 Å². The van der Waals surface area contributed by atoms with Gasteiger partial charge in [-0.05, 0) is 18.2 Å². The van der Waals surface area contributed by atoms with Crippen LogP contribution in [0.2, 0.25) is 0 Å². The number of alkyl halides is 3. The number of benzene rings is 1. The van der Waals surface area contributed by atoms with Gasteiger partial charge in [0.05, 0.1) is 16.7 Å². The minimum absolute atomic E-state index is 0.438. The maximum atomic E-state index is 12.1. The number of halogens is 3. The molecule has 0 N–H and O–H groups in total. The van der Waals surface area contributed by atoms with Crippen molar-refractivity contribution in [3.05, 3.63) is 36.1 Å². The first-order valence-electron chi connectivity index (χ1n) is 3.46. The Bertz CT molecular complexity index is 434. The number of hydrogen-bond acceptors (Lipinski definition) is 2. The molecular weight excluding hydrogens is 217 g/mol. The maximum Gasteiger partial charge on any atom is 0.416 e. The molecule has 1 radical (unpaired) electrons. The predicted octanol–water partition coefficient (Wildman–Crippen LogP) is 2.27. The molecule has 0 aliphatic carbocycles. The molecule has 1 aromatic carbocycles. The highest BCUT2D eigenvalue weighted by Gasteiger charge is 2.31. The van der Waals surface area contributed by atoms with Crippen molar-refractivity contribution < 1.29 is 21.6 Å². The second-order valence-electron chi connectivity index (χ2n) is 2.64. The lowest BCUT2D eigenvalue weighted by Crippen LogP contribution is -2.06. The van der Waals surface area contributed by atoms with Crippen LogP contribution in [0.3, 0.4) is 0 Å². The van der Waals surface area contributed by atoms with E-state index in [4.69, 9.17) is 0 Å². The molecule has 1 rings (SSSR count). The summed E-state index contributed by atoms with van der Waals surface area (Å²) in [5.74, 6) is 0. The van der Waals surface area contributed by atoms with Crippen molar-refractivity contribution in [2.75, 3.05) is 0 Å². The fourth-order valence-corrected chi connectivity index (χ4v) is 1.46. The zero-order valence-corrected chi connectivity index (χ0v) is 7.69. The summed E-state index contributed by atoms with van der Waals surface area (Å²) in [4.78, 5) is -0.438. The lowest BCUT2D eigenvalue weighted by Gasteiger charge is -2.07. The molecule has 0 aromatic heterocycles. The van der Waals surface area contributed by atoms with Crippen molar-refractivity contribution in [3.8, 4) is 0 Å². The Hall–Kier alpha value is -1.04. The van der Waals surface area contributed by atoms with E-state index in [2.05, 4.69) is 6.26 Å². The fraction of sp³-hybridized carbons (Fsp3) is 0.125. The summed E-state index contributed by atoms with van der Waals surface area (Å²) in [6, 6.07) is 3.45. The lowest BCUT2D eigenvalue weighted by molar-refractivity contribution is -0.137. The summed E-state index contributed by atoms with van der Waals surface area (Å²) in [7, 11) is -3.84. The van der Waals surface area contributed by atoms with Crippen LogP contribution in [0.15, 0.2) is 29.2 Å². The van der Waals surface area contributed by atoms with Crippen molar-refractivity contribution in [1.82, 2.24) is 0 Å². The van der Waals surface area contributed by atoms with Crippen molar-refractivity contribution in [1.29, 1.82) is 0 Å². The van der Waals surface area contributed by atoms with E-state index in [1.165, 1.54) is 0 Å². The van der Waals surface area contributed by atoms with Gasteiger partial charge in [-0.2, -0.15) is 13.2 Å². The van der Waals surface area contributed by atoms with Crippen molar-refractivity contribution in [3.63, 3.8) is 0 Å². The monoisotopic (exact) mass is 223 g/mol. The molecular formula is C8H6F3O2S. The van der Waals surface area contributed by atoms with Gasteiger partial charge in [-0.25, -0.2) is 8.42 Å². The van der Waals surface area contributed by atoms with E-state index < -0.39 is 26.5 Å². The summed E-state index contributed by atoms with van der Waals surface area (Å²) < 4.78 is 58.1. The van der Waals surface area contributed by atoms with Crippen LogP contribution in [0.1, 0.15) is 5.56 Å². The van der Waals surface area contributed by atoms with Gasteiger partial charge in [0.1, 0.15) is 0 Å². The van der Waals surface area contributed by atoms with Gasteiger partial charge in [0.2, 0.25) is 0 Å². The van der Waals surface area contributed by atoms with Crippen LogP contribution in [0, 0.1) is 6.26 Å². The van der Waals surface area contributed by atoms with Crippen molar-refractivity contribution in [2.45, 2.75) is 11.1 Å². The molecule has 0 amide bonds. The molecule has 1 aromatic rings. The Morgan fingerprint density at radius 3 is 2.21 bits per heavy atom. The SMILES string of the molecule is [CH2]S(=O)(=O)c1cccc(C(F)(F)F)c1. The fourth-order valence-electron chi connectivity index (χ4n) is 0.866. The molecule has 0 saturated carbocycles. The molecule has 0 spiro atoms. The third-order valence-corrected chi connectivity index (χ3v) is 2.49. The molecule has 6 heteroatoms. The summed E-state index contributed by atoms with van der Waals surface area (Å²) >= 11 is 0. The van der Waals surface area contributed by atoms with Gasteiger partial charge in [-0.15, -0.1) is 0 Å². The Morgan fingerprint density at radius 2 is 1.79 bits per heavy atom. The van der Waals surface area contributed by atoms with Gasteiger partial charge in [-0.3, -0.25) is 0 Å². The van der Waals surface area contributed by atoms with E-state index in [-0.39, 0.29) is 0 Å². The highest BCUT2D eigenvalue weighted by atomic mass is 32.2. The highest BCUT2D eigenvalue weighted by molar-refractivity contribution is 7.92. The minimum atomic E-state index is -4.54. The van der Waals surface area contributed by atoms with Crippen molar-refractivity contribution >= 4 is 9.84 Å². The normalized spacial score (nSPS) is 12.9. The molecule has 0 saturated heterocycles. The Labute approximate surface area is 79.3 Å². The third kappa shape index (κ3) is 2.47. The van der Waals surface area contributed by atoms with Crippen LogP contribution >= 0.6 is 0 Å². The molecule has 0 atom stereocenters. The first-order chi connectivity index (χ1) is 6.21. The van der Waals surface area contributed by atoms with Gasteiger partial charge in [-0.1, -0.05) is 6.07 Å². The standard InChI is InChI=1S/C8H6F3O2S/c1-14(12,13)7-4-2-3-6(5-7)8(9,10)11/h2-5H,1H2. The van der Waals surface area contributed by atoms with Gasteiger partial charge in [0.25, 0.3) is 0 Å². The third-order valence-electron chi connectivity index (χ3n) is 1.52. The summed E-state index contributed by atoms with van der Waals surface area (Å²) in [6.07, 6.45) is -1.77. The minimum Gasteiger partial charge on any atom is -0.224 e. The maximum absolute atomic E-state index is 12.1. The van der Waals surface area contributed by atoms with E-state index in [1.54, 1.807) is 0 Å². The smallest absolute Gasteiger partial charge is 0.224 e. The molecule has 2 nitrogen and oxygen atoms in total. The molecule has 14 heavy (non-hydrogen) atoms. The molecule has 0 heterocycles. The van der Waals surface area contributed by atoms with E-state index in [0.717, 1.165) is 18.2 Å². The first-order valence-corrected chi connectivity index (χ1v) is 5.12. The van der Waals surface area contributed by atoms with Crippen LogP contribution in [0.4, 0.5) is 13.2 Å². The number of hydrogen-bond donors (Lipinski definition) is 0. The van der Waals surface area contributed by atoms with Crippen LogP contribution in [0.5, 0.6) is 0 Å². The van der Waals surface area contributed by atoms with Crippen molar-refractivity contribution in [2.24, 2.45) is 0 Å². The van der Waals surface area contributed by atoms with Gasteiger partial charge < -0.3 is 0 Å². The Kier molecular flexibility index (Phi) is 2.58. The van der Waals surface area contributed by atoms with Crippen LogP contribution < -0.4 is 0 Å². The molecule has 0 aliphatic rings. The lowest BCUT2D eigenvalue weighted by atomic mass is 10.2. The average Bonchev–Trinajstić information content (AvgIpc) is 2.01. The molecule has 77 valence electrons. The Morgan fingerprint density at radius 1 is 1.21 bits per heavy atom. The average molecular weight is 223 g/mol. The van der Waals surface area contributed by atoms with E-state index in [9.17, 15) is 21.6 Å². The molecule has 0 bridgehead atoms. The summed E-state index contributed by atoms with van der Waals surface area (Å²) in [5.41, 5.74) is -0.998. The van der Waals surface area contributed by atoms with Gasteiger partial charge in [0.15, 0.2) is 9.84 Å². The van der Waals surface area contributed by atoms with Gasteiger partial charge in [0, 0.05) is 0 Å². The Balaban J connectivity index is 3.29. The molecule has 0 aliphatic heterocycles. The summed E-state index contributed by atoms with van der Waals surface area (Å²) in [6.45, 7) is 0. The van der Waals surface area contributed by atoms with Crippen LogP contribution in [0.25, 0.3) is 0 Å². The molecule has 0 fully saturated rings. The zero-order valence-electron chi connectivity index (χ0n) is 6.88. The topological polar surface area (TPSA) is 34.1 Å².